The maximum absolute atomic E-state index is 12.7. The molecule has 27 heavy (non-hydrogen) atoms. The minimum Gasteiger partial charge on any atom is -0.326 e. The van der Waals surface area contributed by atoms with Gasteiger partial charge in [-0.2, -0.15) is 0 Å². The van der Waals surface area contributed by atoms with Crippen molar-refractivity contribution in [2.24, 2.45) is 5.92 Å². The summed E-state index contributed by atoms with van der Waals surface area (Å²) in [6, 6.07) is 11.2. The van der Waals surface area contributed by atoms with Crippen molar-refractivity contribution in [3.8, 4) is 0 Å². The number of rotatable bonds is 7. The number of sulfonamides is 1. The third-order valence-electron chi connectivity index (χ3n) is 3.80. The standard InChI is InChI=1S/C18H22ClN3O3S.ClH/c1-12-4-7-16(21-18(23)13(2)11-20-3)10-17(12)26(24,25)22-15-8-5-14(19)6-9-15;/h4-10,13,20,22H,11H2,1-3H3,(H,21,23);1H. The van der Waals surface area contributed by atoms with Crippen LogP contribution in [0.25, 0.3) is 0 Å². The molecule has 0 aromatic heterocycles. The van der Waals surface area contributed by atoms with Crippen LogP contribution in [-0.2, 0) is 14.8 Å². The van der Waals surface area contributed by atoms with E-state index in [-0.39, 0.29) is 29.1 Å². The smallest absolute Gasteiger partial charge is 0.262 e. The zero-order chi connectivity index (χ0) is 19.3. The zero-order valence-electron chi connectivity index (χ0n) is 15.2. The van der Waals surface area contributed by atoms with Crippen LogP contribution >= 0.6 is 24.0 Å². The summed E-state index contributed by atoms with van der Waals surface area (Å²) in [5.74, 6) is -0.425. The fraction of sp³-hybridized carbons (Fsp3) is 0.278. The first-order chi connectivity index (χ1) is 12.2. The third-order valence-corrected chi connectivity index (χ3v) is 5.57. The molecule has 148 valence electrons. The molecule has 1 amide bonds. The van der Waals surface area contributed by atoms with E-state index >= 15 is 0 Å². The Kier molecular flexibility index (Phi) is 8.56. The summed E-state index contributed by atoms with van der Waals surface area (Å²) in [6.07, 6.45) is 0. The van der Waals surface area contributed by atoms with Crippen LogP contribution < -0.4 is 15.4 Å². The second-order valence-corrected chi connectivity index (χ2v) is 8.13. The summed E-state index contributed by atoms with van der Waals surface area (Å²) in [5, 5.41) is 6.20. The topological polar surface area (TPSA) is 87.3 Å². The number of halogens is 2. The Bertz CT molecular complexity index is 887. The van der Waals surface area contributed by atoms with Crippen molar-refractivity contribution in [3.05, 3.63) is 53.1 Å². The summed E-state index contributed by atoms with van der Waals surface area (Å²) >= 11 is 5.82. The number of nitrogens with one attached hydrogen (secondary N) is 3. The van der Waals surface area contributed by atoms with E-state index in [1.807, 2.05) is 0 Å². The number of carbonyl (C=O) groups excluding carboxylic acids is 1. The molecule has 0 aliphatic carbocycles. The highest BCUT2D eigenvalue weighted by Crippen LogP contribution is 2.24. The van der Waals surface area contributed by atoms with Crippen molar-refractivity contribution in [1.82, 2.24) is 5.32 Å². The third kappa shape index (κ3) is 6.39. The van der Waals surface area contributed by atoms with Crippen molar-refractivity contribution >= 4 is 51.3 Å². The molecule has 2 rings (SSSR count). The molecule has 0 aliphatic heterocycles. The van der Waals surface area contributed by atoms with E-state index in [0.717, 1.165) is 0 Å². The van der Waals surface area contributed by atoms with E-state index in [4.69, 9.17) is 11.6 Å². The van der Waals surface area contributed by atoms with Gasteiger partial charge in [0.1, 0.15) is 0 Å². The Morgan fingerprint density at radius 1 is 1.11 bits per heavy atom. The molecule has 0 spiro atoms. The minimum absolute atomic E-state index is 0. The van der Waals surface area contributed by atoms with Crippen LogP contribution in [0.4, 0.5) is 11.4 Å². The van der Waals surface area contributed by atoms with Gasteiger partial charge in [0.25, 0.3) is 10.0 Å². The van der Waals surface area contributed by atoms with Crippen molar-refractivity contribution in [1.29, 1.82) is 0 Å². The molecule has 3 N–H and O–H groups in total. The lowest BCUT2D eigenvalue weighted by atomic mass is 10.1. The molecule has 1 atom stereocenters. The first-order valence-electron chi connectivity index (χ1n) is 8.07. The van der Waals surface area contributed by atoms with Gasteiger partial charge in [-0.3, -0.25) is 9.52 Å². The Hall–Kier alpha value is -1.80. The van der Waals surface area contributed by atoms with E-state index in [0.29, 0.717) is 28.5 Å². The van der Waals surface area contributed by atoms with Gasteiger partial charge in [-0.25, -0.2) is 8.42 Å². The van der Waals surface area contributed by atoms with Gasteiger partial charge in [0, 0.05) is 28.9 Å². The lowest BCUT2D eigenvalue weighted by Gasteiger charge is -2.14. The summed E-state index contributed by atoms with van der Waals surface area (Å²) in [7, 11) is -2.04. The quantitative estimate of drug-likeness (QED) is 0.623. The van der Waals surface area contributed by atoms with E-state index in [9.17, 15) is 13.2 Å². The molecule has 9 heteroatoms. The second kappa shape index (κ2) is 9.94. The molecular formula is C18H23Cl2N3O3S. The maximum atomic E-state index is 12.7. The van der Waals surface area contributed by atoms with E-state index in [1.165, 1.54) is 6.07 Å². The average molecular weight is 432 g/mol. The van der Waals surface area contributed by atoms with Gasteiger partial charge in [-0.05, 0) is 55.9 Å². The first-order valence-corrected chi connectivity index (χ1v) is 9.93. The molecule has 1 unspecified atom stereocenters. The lowest BCUT2D eigenvalue weighted by Crippen LogP contribution is -2.28. The Morgan fingerprint density at radius 3 is 2.30 bits per heavy atom. The SMILES string of the molecule is CNCC(C)C(=O)Nc1ccc(C)c(S(=O)(=O)Nc2ccc(Cl)cc2)c1.Cl. The summed E-state index contributed by atoms with van der Waals surface area (Å²) in [5.41, 5.74) is 1.42. The van der Waals surface area contributed by atoms with Crippen LogP contribution in [0.15, 0.2) is 47.4 Å². The van der Waals surface area contributed by atoms with Gasteiger partial charge < -0.3 is 10.6 Å². The highest BCUT2D eigenvalue weighted by Gasteiger charge is 2.19. The van der Waals surface area contributed by atoms with Gasteiger partial charge in [0.2, 0.25) is 5.91 Å². The average Bonchev–Trinajstić information content (AvgIpc) is 2.58. The molecule has 0 radical (unpaired) electrons. The number of aryl methyl sites for hydroxylation is 1. The number of amides is 1. The van der Waals surface area contributed by atoms with Crippen LogP contribution in [0.2, 0.25) is 5.02 Å². The molecule has 0 bridgehead atoms. The first kappa shape index (κ1) is 23.2. The lowest BCUT2D eigenvalue weighted by molar-refractivity contribution is -0.119. The molecule has 0 saturated heterocycles. The highest BCUT2D eigenvalue weighted by molar-refractivity contribution is 7.92. The summed E-state index contributed by atoms with van der Waals surface area (Å²) in [4.78, 5) is 12.2. The fourth-order valence-electron chi connectivity index (χ4n) is 2.36. The zero-order valence-corrected chi connectivity index (χ0v) is 17.6. The van der Waals surface area contributed by atoms with Gasteiger partial charge in [-0.1, -0.05) is 24.6 Å². The molecular weight excluding hydrogens is 409 g/mol. The van der Waals surface area contributed by atoms with Crippen LogP contribution in [0.3, 0.4) is 0 Å². The molecule has 0 heterocycles. The maximum Gasteiger partial charge on any atom is 0.262 e. The predicted molar refractivity (Wildman–Crippen MR) is 112 cm³/mol. The fourth-order valence-corrected chi connectivity index (χ4v) is 3.82. The number of benzene rings is 2. The Morgan fingerprint density at radius 2 is 1.70 bits per heavy atom. The number of carbonyl (C=O) groups is 1. The van der Waals surface area contributed by atoms with Crippen molar-refractivity contribution in [2.45, 2.75) is 18.7 Å². The van der Waals surface area contributed by atoms with Gasteiger partial charge in [-0.15, -0.1) is 12.4 Å². The van der Waals surface area contributed by atoms with Crippen LogP contribution in [-0.4, -0.2) is 27.9 Å². The van der Waals surface area contributed by atoms with Crippen molar-refractivity contribution in [2.75, 3.05) is 23.6 Å². The van der Waals surface area contributed by atoms with E-state index in [2.05, 4.69) is 15.4 Å². The molecule has 6 nitrogen and oxygen atoms in total. The van der Waals surface area contributed by atoms with Gasteiger partial charge in [0.05, 0.1) is 4.90 Å². The van der Waals surface area contributed by atoms with Gasteiger partial charge in [0.15, 0.2) is 0 Å². The molecule has 0 aliphatic rings. The summed E-state index contributed by atoms with van der Waals surface area (Å²) < 4.78 is 27.9. The largest absolute Gasteiger partial charge is 0.326 e. The molecule has 0 fully saturated rings. The Balaban J connectivity index is 0.00000364. The summed E-state index contributed by atoms with van der Waals surface area (Å²) in [6.45, 7) is 4.02. The normalized spacial score (nSPS) is 12.0. The monoisotopic (exact) mass is 431 g/mol. The van der Waals surface area contributed by atoms with Crippen molar-refractivity contribution in [3.63, 3.8) is 0 Å². The van der Waals surface area contributed by atoms with E-state index < -0.39 is 10.0 Å². The van der Waals surface area contributed by atoms with E-state index in [1.54, 1.807) is 57.3 Å². The van der Waals surface area contributed by atoms with Crippen LogP contribution in [0.1, 0.15) is 12.5 Å². The molecule has 2 aromatic carbocycles. The predicted octanol–water partition coefficient (Wildman–Crippen LogP) is 3.67. The number of hydrogen-bond donors (Lipinski definition) is 3. The van der Waals surface area contributed by atoms with Gasteiger partial charge >= 0.3 is 0 Å². The highest BCUT2D eigenvalue weighted by atomic mass is 35.5. The minimum atomic E-state index is -3.80. The number of hydrogen-bond acceptors (Lipinski definition) is 4. The second-order valence-electron chi connectivity index (χ2n) is 6.04. The van der Waals surface area contributed by atoms with Crippen molar-refractivity contribution < 1.29 is 13.2 Å². The van der Waals surface area contributed by atoms with Crippen LogP contribution in [0.5, 0.6) is 0 Å². The van der Waals surface area contributed by atoms with Crippen LogP contribution in [0, 0.1) is 12.8 Å². The number of anilines is 2. The molecule has 0 saturated carbocycles. The Labute approximate surface area is 171 Å². The molecule has 2 aromatic rings.